The molecule has 0 spiro atoms. The first-order valence-electron chi connectivity index (χ1n) is 10.4. The third-order valence-electron chi connectivity index (χ3n) is 5.38. The Kier molecular flexibility index (Phi) is 7.17. The lowest BCUT2D eigenvalue weighted by molar-refractivity contribution is 0.102. The molecule has 0 atom stereocenters. The van der Waals surface area contributed by atoms with Crippen LogP contribution < -0.4 is 20.3 Å². The van der Waals surface area contributed by atoms with Crippen LogP contribution in [0.15, 0.2) is 48.7 Å². The minimum absolute atomic E-state index is 0.127. The Balaban J connectivity index is 1.46. The van der Waals surface area contributed by atoms with Gasteiger partial charge in [-0.25, -0.2) is 4.98 Å². The van der Waals surface area contributed by atoms with E-state index in [1.807, 2.05) is 12.1 Å². The van der Waals surface area contributed by atoms with Crippen molar-refractivity contribution in [3.63, 3.8) is 0 Å². The first-order chi connectivity index (χ1) is 15.9. The molecule has 2 heterocycles. The van der Waals surface area contributed by atoms with Crippen molar-refractivity contribution < 1.29 is 9.53 Å². The number of nitrogens with zero attached hydrogens (tertiary/aromatic N) is 4. The number of benzene rings is 2. The molecule has 0 unspecified atom stereocenters. The first-order valence-corrected chi connectivity index (χ1v) is 11.2. The largest absolute Gasteiger partial charge is 0.480 e. The minimum atomic E-state index is -0.482. The Hall–Kier alpha value is -3.07. The van der Waals surface area contributed by atoms with Crippen LogP contribution in [0.4, 0.5) is 23.0 Å². The van der Waals surface area contributed by atoms with Gasteiger partial charge in [0.1, 0.15) is 5.56 Å². The number of hydrogen-bond acceptors (Lipinski definition) is 7. The number of halogens is 2. The topological polar surface area (TPSA) is 82.6 Å². The molecule has 0 saturated carbocycles. The van der Waals surface area contributed by atoms with Crippen LogP contribution in [-0.2, 0) is 0 Å². The van der Waals surface area contributed by atoms with Gasteiger partial charge in [-0.15, -0.1) is 0 Å². The molecular formula is C23H24Cl2N6O2. The van der Waals surface area contributed by atoms with E-state index in [1.165, 1.54) is 19.0 Å². The van der Waals surface area contributed by atoms with Crippen LogP contribution in [-0.4, -0.2) is 61.1 Å². The van der Waals surface area contributed by atoms with E-state index in [4.69, 9.17) is 27.9 Å². The molecule has 1 amide bonds. The number of carbonyl (C=O) groups excluding carboxylic acids is 1. The van der Waals surface area contributed by atoms with Crippen LogP contribution in [0.3, 0.4) is 0 Å². The van der Waals surface area contributed by atoms with Crippen LogP contribution in [0.2, 0.25) is 10.0 Å². The number of anilines is 4. The number of nitrogens with one attached hydrogen (secondary N) is 2. The highest BCUT2D eigenvalue weighted by Gasteiger charge is 2.19. The molecule has 1 aliphatic rings. The Morgan fingerprint density at radius 3 is 2.33 bits per heavy atom. The molecule has 1 fully saturated rings. The fraction of sp³-hybridized carbons (Fsp3) is 0.261. The van der Waals surface area contributed by atoms with Gasteiger partial charge in [0.15, 0.2) is 0 Å². The maximum atomic E-state index is 12.8. The average Bonchev–Trinajstić information content (AvgIpc) is 2.82. The number of likely N-dealkylation sites (N-methyl/N-ethyl adjacent to an activating group) is 1. The monoisotopic (exact) mass is 486 g/mol. The van der Waals surface area contributed by atoms with Gasteiger partial charge in [-0.1, -0.05) is 29.3 Å². The number of piperazine rings is 1. The van der Waals surface area contributed by atoms with Gasteiger partial charge in [0, 0.05) is 43.8 Å². The summed E-state index contributed by atoms with van der Waals surface area (Å²) in [6.07, 6.45) is 1.40. The minimum Gasteiger partial charge on any atom is -0.480 e. The number of carbonyl (C=O) groups is 1. The van der Waals surface area contributed by atoms with Gasteiger partial charge in [0.05, 0.1) is 22.8 Å². The zero-order valence-electron chi connectivity index (χ0n) is 18.3. The van der Waals surface area contributed by atoms with E-state index in [9.17, 15) is 4.79 Å². The van der Waals surface area contributed by atoms with E-state index in [1.54, 1.807) is 18.2 Å². The van der Waals surface area contributed by atoms with Crippen molar-refractivity contribution in [1.82, 2.24) is 14.9 Å². The number of hydrogen-bond donors (Lipinski definition) is 2. The molecule has 8 nitrogen and oxygen atoms in total. The van der Waals surface area contributed by atoms with E-state index in [-0.39, 0.29) is 11.4 Å². The Labute approximate surface area is 202 Å². The summed E-state index contributed by atoms with van der Waals surface area (Å²) in [5.74, 6) is -0.0429. The zero-order valence-corrected chi connectivity index (χ0v) is 19.8. The molecule has 0 bridgehead atoms. The second-order valence-corrected chi connectivity index (χ2v) is 8.44. The molecule has 2 aromatic carbocycles. The van der Waals surface area contributed by atoms with Crippen molar-refractivity contribution in [1.29, 1.82) is 0 Å². The third kappa shape index (κ3) is 5.47. The summed E-state index contributed by atoms with van der Waals surface area (Å²) in [5.41, 5.74) is 2.48. The average molecular weight is 487 g/mol. The highest BCUT2D eigenvalue weighted by molar-refractivity contribution is 6.40. The lowest BCUT2D eigenvalue weighted by Gasteiger charge is -2.34. The van der Waals surface area contributed by atoms with Gasteiger partial charge < -0.3 is 25.2 Å². The fourth-order valence-corrected chi connectivity index (χ4v) is 3.98. The normalized spacial score (nSPS) is 14.1. The van der Waals surface area contributed by atoms with E-state index in [0.29, 0.717) is 21.7 Å². The van der Waals surface area contributed by atoms with Crippen LogP contribution in [0.5, 0.6) is 5.88 Å². The summed E-state index contributed by atoms with van der Waals surface area (Å²) < 4.78 is 5.32. The van der Waals surface area contributed by atoms with Crippen molar-refractivity contribution in [2.24, 2.45) is 0 Å². The number of rotatable bonds is 6. The smallest absolute Gasteiger partial charge is 0.262 e. The second kappa shape index (κ2) is 10.2. The molecule has 10 heteroatoms. The quantitative estimate of drug-likeness (QED) is 0.528. The fourth-order valence-electron chi connectivity index (χ4n) is 3.49. The number of ether oxygens (including phenoxy) is 1. The molecule has 33 heavy (non-hydrogen) atoms. The molecule has 1 saturated heterocycles. The summed E-state index contributed by atoms with van der Waals surface area (Å²) in [7, 11) is 3.58. The van der Waals surface area contributed by atoms with Gasteiger partial charge in [-0.2, -0.15) is 4.98 Å². The number of aromatic nitrogens is 2. The molecule has 172 valence electrons. The highest BCUT2D eigenvalue weighted by atomic mass is 35.5. The molecule has 4 rings (SSSR count). The van der Waals surface area contributed by atoms with Crippen LogP contribution in [0.25, 0.3) is 0 Å². The number of amides is 1. The molecule has 0 radical (unpaired) electrons. The SMILES string of the molecule is COc1nc(Nc2ccc(N3CCN(C)CC3)cc2)ncc1C(=O)Nc1c(Cl)cccc1Cl. The van der Waals surface area contributed by atoms with Crippen molar-refractivity contribution in [3.05, 3.63) is 64.3 Å². The number of para-hydroxylation sites is 1. The first kappa shape index (κ1) is 23.1. The van der Waals surface area contributed by atoms with E-state index >= 15 is 0 Å². The highest BCUT2D eigenvalue weighted by Crippen LogP contribution is 2.31. The van der Waals surface area contributed by atoms with Gasteiger partial charge in [0.2, 0.25) is 11.8 Å². The van der Waals surface area contributed by atoms with Crippen LogP contribution in [0.1, 0.15) is 10.4 Å². The molecule has 2 N–H and O–H groups in total. The van der Waals surface area contributed by atoms with Crippen LogP contribution in [0, 0.1) is 0 Å². The summed E-state index contributed by atoms with van der Waals surface area (Å²) >= 11 is 12.3. The standard InChI is InChI=1S/C23H24Cl2N6O2/c1-30-10-12-31(13-11-30)16-8-6-15(7-9-16)27-23-26-14-17(22(29-23)33-2)21(32)28-20-18(24)4-3-5-19(20)25/h3-9,14H,10-13H2,1-2H3,(H,28,32)(H,26,27,29). The maximum Gasteiger partial charge on any atom is 0.262 e. The van der Waals surface area contributed by atoms with Crippen molar-refractivity contribution in [2.75, 3.05) is 55.9 Å². The maximum absolute atomic E-state index is 12.8. The predicted molar refractivity (Wildman–Crippen MR) is 132 cm³/mol. The third-order valence-corrected chi connectivity index (χ3v) is 6.01. The van der Waals surface area contributed by atoms with Crippen LogP contribution >= 0.6 is 23.2 Å². The predicted octanol–water partition coefficient (Wildman–Crippen LogP) is 4.54. The second-order valence-electron chi connectivity index (χ2n) is 7.63. The molecule has 0 aliphatic carbocycles. The van der Waals surface area contributed by atoms with Crippen molar-refractivity contribution in [3.8, 4) is 5.88 Å². The van der Waals surface area contributed by atoms with Gasteiger partial charge in [-0.05, 0) is 43.4 Å². The van der Waals surface area contributed by atoms with Gasteiger partial charge in [-0.3, -0.25) is 4.79 Å². The molecule has 1 aromatic heterocycles. The number of methoxy groups -OCH3 is 1. The van der Waals surface area contributed by atoms with E-state index < -0.39 is 5.91 Å². The summed E-state index contributed by atoms with van der Waals surface area (Å²) in [6.45, 7) is 4.12. The summed E-state index contributed by atoms with van der Waals surface area (Å²) in [5, 5.41) is 6.49. The Bertz CT molecular complexity index is 1110. The van der Waals surface area contributed by atoms with E-state index in [2.05, 4.69) is 49.6 Å². The molecule has 3 aromatic rings. The van der Waals surface area contributed by atoms with Crippen molar-refractivity contribution >= 4 is 52.1 Å². The Morgan fingerprint density at radius 1 is 1.03 bits per heavy atom. The van der Waals surface area contributed by atoms with Gasteiger partial charge in [0.25, 0.3) is 5.91 Å². The Morgan fingerprint density at radius 2 is 1.70 bits per heavy atom. The summed E-state index contributed by atoms with van der Waals surface area (Å²) in [4.78, 5) is 26.0. The zero-order chi connectivity index (χ0) is 23.4. The lowest BCUT2D eigenvalue weighted by atomic mass is 10.2. The summed E-state index contributed by atoms with van der Waals surface area (Å²) in [6, 6.07) is 13.1. The molecular weight excluding hydrogens is 463 g/mol. The lowest BCUT2D eigenvalue weighted by Crippen LogP contribution is -2.44. The molecule has 1 aliphatic heterocycles. The van der Waals surface area contributed by atoms with Gasteiger partial charge >= 0.3 is 0 Å². The van der Waals surface area contributed by atoms with E-state index in [0.717, 1.165) is 31.9 Å². The van der Waals surface area contributed by atoms with Crippen molar-refractivity contribution in [2.45, 2.75) is 0 Å².